The second-order valence-corrected chi connectivity index (χ2v) is 10.4. The number of aliphatic carboxylic acids is 1. The predicted octanol–water partition coefficient (Wildman–Crippen LogP) is 5.87. The molecule has 1 amide bonds. The minimum absolute atomic E-state index is 0.0316. The molecule has 188 valence electrons. The quantitative estimate of drug-likeness (QED) is 0.249. The molecule has 2 N–H and O–H groups in total. The van der Waals surface area contributed by atoms with E-state index in [9.17, 15) is 9.59 Å². The molecule has 0 unspecified atom stereocenters. The maximum atomic E-state index is 12.6. The molecule has 1 aliphatic rings. The van der Waals surface area contributed by atoms with Crippen LogP contribution in [0, 0.1) is 0 Å². The Labute approximate surface area is 227 Å². The van der Waals surface area contributed by atoms with E-state index in [1.165, 1.54) is 34.8 Å². The van der Waals surface area contributed by atoms with Crippen LogP contribution < -0.4 is 5.32 Å². The van der Waals surface area contributed by atoms with E-state index in [4.69, 9.17) is 28.3 Å². The number of thioether (sulfide) groups is 1. The van der Waals surface area contributed by atoms with Crippen molar-refractivity contribution in [2.24, 2.45) is 0 Å². The first-order valence-corrected chi connectivity index (χ1v) is 13.2. The molecule has 1 aliphatic carbocycles. The normalized spacial score (nSPS) is 12.9. The third kappa shape index (κ3) is 6.12. The van der Waals surface area contributed by atoms with Crippen LogP contribution in [0.25, 0.3) is 16.8 Å². The van der Waals surface area contributed by atoms with Crippen LogP contribution in [0.15, 0.2) is 65.8 Å². The van der Waals surface area contributed by atoms with Crippen molar-refractivity contribution in [3.05, 3.63) is 81.8 Å². The van der Waals surface area contributed by atoms with Gasteiger partial charge in [0.2, 0.25) is 11.1 Å². The monoisotopic (exact) mass is 553 g/mol. The molecule has 0 saturated heterocycles. The van der Waals surface area contributed by atoms with Gasteiger partial charge in [-0.05, 0) is 75.7 Å². The largest absolute Gasteiger partial charge is 0.481 e. The number of anilines is 1. The molecule has 0 radical (unpaired) electrons. The van der Waals surface area contributed by atoms with Gasteiger partial charge in [0.1, 0.15) is 0 Å². The molecule has 1 heterocycles. The molecular formula is C26H21Cl2N5O3S. The average molecular weight is 554 g/mol. The molecule has 0 bridgehead atoms. The van der Waals surface area contributed by atoms with Crippen molar-refractivity contribution in [3.63, 3.8) is 0 Å². The first-order valence-electron chi connectivity index (χ1n) is 11.5. The number of carbonyl (C=O) groups excluding carboxylic acids is 1. The Bertz CT molecular complexity index is 1470. The van der Waals surface area contributed by atoms with Crippen molar-refractivity contribution in [3.8, 4) is 16.8 Å². The molecule has 3 aromatic carbocycles. The van der Waals surface area contributed by atoms with E-state index in [0.717, 1.165) is 11.1 Å². The van der Waals surface area contributed by atoms with E-state index in [2.05, 4.69) is 20.8 Å². The molecule has 8 nitrogen and oxygen atoms in total. The zero-order valence-corrected chi connectivity index (χ0v) is 21.7. The minimum atomic E-state index is -0.878. The first kappa shape index (κ1) is 25.3. The molecule has 1 aromatic heterocycles. The predicted molar refractivity (Wildman–Crippen MR) is 144 cm³/mol. The van der Waals surface area contributed by atoms with Crippen molar-refractivity contribution in [1.29, 1.82) is 0 Å². The van der Waals surface area contributed by atoms with Crippen LogP contribution in [0.5, 0.6) is 0 Å². The lowest BCUT2D eigenvalue weighted by Gasteiger charge is -2.10. The number of carboxylic acid groups (broad SMARTS) is 1. The molecule has 11 heteroatoms. The second kappa shape index (κ2) is 10.9. The van der Waals surface area contributed by atoms with Crippen LogP contribution in [0.3, 0.4) is 0 Å². The zero-order valence-electron chi connectivity index (χ0n) is 19.4. The minimum Gasteiger partial charge on any atom is -0.481 e. The number of nitrogens with zero attached hydrogens (tertiary/aromatic N) is 4. The molecule has 1 fully saturated rings. The van der Waals surface area contributed by atoms with Gasteiger partial charge in [-0.1, -0.05) is 71.4 Å². The summed E-state index contributed by atoms with van der Waals surface area (Å²) in [6, 6.07) is 18.4. The van der Waals surface area contributed by atoms with Crippen LogP contribution in [0.2, 0.25) is 10.0 Å². The number of hydrogen-bond donors (Lipinski definition) is 2. The standard InChI is InChI=1S/C26H21Cl2N5O3S/c27-20-12-18(16-3-1-15(2-4-16)11-25(35)36)7-9-22(20)29-24(34)14-37-26-30-31-32-33(26)23-10-8-19(13-21(23)28)17-5-6-17/h1-4,7-10,12-13,17H,5-6,11,14H2,(H,29,34)(H,35,36). The van der Waals surface area contributed by atoms with Crippen molar-refractivity contribution in [2.45, 2.75) is 30.3 Å². The van der Waals surface area contributed by atoms with Crippen molar-refractivity contribution >= 4 is 52.5 Å². The fourth-order valence-electron chi connectivity index (χ4n) is 3.89. The lowest BCUT2D eigenvalue weighted by Crippen LogP contribution is -2.15. The van der Waals surface area contributed by atoms with Crippen LogP contribution in [-0.4, -0.2) is 42.9 Å². The fraction of sp³-hybridized carbons (Fsp3) is 0.192. The SMILES string of the molecule is O=C(O)Cc1ccc(-c2ccc(NC(=O)CSc3nnnn3-c3ccc(C4CC4)cc3Cl)c(Cl)c2)cc1. The highest BCUT2D eigenvalue weighted by Gasteiger charge is 2.24. The number of carbonyl (C=O) groups is 2. The highest BCUT2D eigenvalue weighted by Crippen LogP contribution is 2.41. The lowest BCUT2D eigenvalue weighted by atomic mass is 10.0. The summed E-state index contributed by atoms with van der Waals surface area (Å²) in [5.41, 5.74) is 4.81. The van der Waals surface area contributed by atoms with Crippen LogP contribution in [0.1, 0.15) is 29.9 Å². The van der Waals surface area contributed by atoms with Gasteiger partial charge in [0.25, 0.3) is 0 Å². The van der Waals surface area contributed by atoms with E-state index >= 15 is 0 Å². The van der Waals surface area contributed by atoms with Gasteiger partial charge >= 0.3 is 5.97 Å². The molecule has 1 saturated carbocycles. The van der Waals surface area contributed by atoms with Gasteiger partial charge in [0, 0.05) is 0 Å². The Kier molecular flexibility index (Phi) is 7.45. The zero-order chi connectivity index (χ0) is 25.9. The van der Waals surface area contributed by atoms with Crippen LogP contribution in [-0.2, 0) is 16.0 Å². The topological polar surface area (TPSA) is 110 Å². The number of benzene rings is 3. The van der Waals surface area contributed by atoms with E-state index in [1.807, 2.05) is 36.4 Å². The maximum absolute atomic E-state index is 12.6. The smallest absolute Gasteiger partial charge is 0.307 e. The van der Waals surface area contributed by atoms with Gasteiger partial charge < -0.3 is 10.4 Å². The molecule has 0 spiro atoms. The Morgan fingerprint density at radius 1 is 1.00 bits per heavy atom. The number of hydrogen-bond acceptors (Lipinski definition) is 6. The number of aromatic nitrogens is 4. The van der Waals surface area contributed by atoms with Gasteiger partial charge in [0.05, 0.1) is 33.6 Å². The van der Waals surface area contributed by atoms with Crippen LogP contribution in [0.4, 0.5) is 5.69 Å². The van der Waals surface area contributed by atoms with Gasteiger partial charge in [-0.3, -0.25) is 9.59 Å². The number of carboxylic acids is 1. The van der Waals surface area contributed by atoms with Crippen molar-refractivity contribution in [2.75, 3.05) is 11.1 Å². The number of amides is 1. The van der Waals surface area contributed by atoms with Gasteiger partial charge in [-0.25, -0.2) is 0 Å². The molecule has 0 atom stereocenters. The Hall–Kier alpha value is -3.40. The van der Waals surface area contributed by atoms with Gasteiger partial charge in [-0.15, -0.1) is 5.10 Å². The van der Waals surface area contributed by atoms with Gasteiger partial charge in [0.15, 0.2) is 0 Å². The summed E-state index contributed by atoms with van der Waals surface area (Å²) in [7, 11) is 0. The van der Waals surface area contributed by atoms with Crippen LogP contribution >= 0.6 is 35.0 Å². The average Bonchev–Trinajstić information content (AvgIpc) is 3.62. The van der Waals surface area contributed by atoms with E-state index in [1.54, 1.807) is 24.3 Å². The summed E-state index contributed by atoms with van der Waals surface area (Å²) >= 11 is 14.1. The third-order valence-electron chi connectivity index (χ3n) is 5.91. The van der Waals surface area contributed by atoms with E-state index in [0.29, 0.717) is 38.1 Å². The van der Waals surface area contributed by atoms with Crippen molar-refractivity contribution in [1.82, 2.24) is 20.2 Å². The first-order chi connectivity index (χ1) is 17.9. The van der Waals surface area contributed by atoms with Gasteiger partial charge in [-0.2, -0.15) is 4.68 Å². The summed E-state index contributed by atoms with van der Waals surface area (Å²) in [4.78, 5) is 23.5. The maximum Gasteiger partial charge on any atom is 0.307 e. The summed E-state index contributed by atoms with van der Waals surface area (Å²) < 4.78 is 1.53. The van der Waals surface area contributed by atoms with E-state index in [-0.39, 0.29) is 18.1 Å². The number of rotatable bonds is 9. The number of nitrogens with one attached hydrogen (secondary N) is 1. The summed E-state index contributed by atoms with van der Waals surface area (Å²) in [6.07, 6.45) is 2.34. The molecular weight excluding hydrogens is 533 g/mol. The Balaban J connectivity index is 1.21. The third-order valence-corrected chi connectivity index (χ3v) is 7.44. The second-order valence-electron chi connectivity index (χ2n) is 8.66. The Morgan fingerprint density at radius 3 is 2.43 bits per heavy atom. The fourth-order valence-corrected chi connectivity index (χ4v) is 5.07. The number of halogens is 2. The molecule has 4 aromatic rings. The lowest BCUT2D eigenvalue weighted by molar-refractivity contribution is -0.136. The summed E-state index contributed by atoms with van der Waals surface area (Å²) in [5.74, 6) is -0.483. The van der Waals surface area contributed by atoms with E-state index < -0.39 is 5.97 Å². The molecule has 5 rings (SSSR count). The van der Waals surface area contributed by atoms with Crippen molar-refractivity contribution < 1.29 is 14.7 Å². The summed E-state index contributed by atoms with van der Waals surface area (Å²) in [5, 5.41) is 25.0. The number of tetrazole rings is 1. The summed E-state index contributed by atoms with van der Waals surface area (Å²) in [6.45, 7) is 0. The molecule has 37 heavy (non-hydrogen) atoms. The molecule has 0 aliphatic heterocycles. The highest BCUT2D eigenvalue weighted by atomic mass is 35.5. The Morgan fingerprint density at radius 2 is 1.76 bits per heavy atom. The highest BCUT2D eigenvalue weighted by molar-refractivity contribution is 7.99.